The lowest BCUT2D eigenvalue weighted by molar-refractivity contribution is -0.139. The zero-order valence-electron chi connectivity index (χ0n) is 16.7. The Labute approximate surface area is 157 Å². The molecule has 2 aliphatic rings. The topological polar surface area (TPSA) is 62.1 Å². The summed E-state index contributed by atoms with van der Waals surface area (Å²) >= 11 is 0. The van der Waals surface area contributed by atoms with Gasteiger partial charge in [-0.25, -0.2) is 4.99 Å². The molecule has 0 bridgehead atoms. The molecule has 2 rings (SSSR count). The molecule has 0 spiro atoms. The van der Waals surface area contributed by atoms with Gasteiger partial charge in [-0.05, 0) is 49.3 Å². The fourth-order valence-corrected chi connectivity index (χ4v) is 3.21. The number of aliphatic carboxylic acids is 1. The minimum atomic E-state index is -0.819. The average molecular weight is 360 g/mol. The van der Waals surface area contributed by atoms with E-state index in [4.69, 9.17) is 9.84 Å². The largest absolute Gasteiger partial charge is 0.497 e. The van der Waals surface area contributed by atoms with Gasteiger partial charge in [-0.2, -0.15) is 0 Å². The Morgan fingerprint density at radius 2 is 2.08 bits per heavy atom. The summed E-state index contributed by atoms with van der Waals surface area (Å²) in [4.78, 5) is 17.7. The van der Waals surface area contributed by atoms with Gasteiger partial charge in [-0.1, -0.05) is 27.7 Å². The van der Waals surface area contributed by atoms with E-state index in [0.29, 0.717) is 18.3 Å². The molecular weight excluding hydrogens is 328 g/mol. The molecule has 1 aliphatic heterocycles. The van der Waals surface area contributed by atoms with Gasteiger partial charge in [0, 0.05) is 24.9 Å². The monoisotopic (exact) mass is 360 g/mol. The fourth-order valence-electron chi connectivity index (χ4n) is 3.21. The normalized spacial score (nSPS) is 20.3. The van der Waals surface area contributed by atoms with Gasteiger partial charge in [0.05, 0.1) is 18.3 Å². The molecular formula is C21H32N2O3. The molecule has 1 atom stereocenters. The number of hydrogen-bond acceptors (Lipinski definition) is 4. The van der Waals surface area contributed by atoms with Crippen LogP contribution in [0.4, 0.5) is 0 Å². The third kappa shape index (κ3) is 4.99. The van der Waals surface area contributed by atoms with E-state index in [1.54, 1.807) is 6.21 Å². The highest BCUT2D eigenvalue weighted by atomic mass is 16.5. The SMILES string of the molecule is CCN(C1=CC(C(C)C)=C(OCC(C)C)CC1)C1=CCC(C(=O)O)C=N1. The molecule has 1 aliphatic carbocycles. The molecule has 0 aromatic rings. The number of ether oxygens (including phenoxy) is 1. The quantitative estimate of drug-likeness (QED) is 0.688. The molecule has 0 amide bonds. The standard InChI is InChI=1S/C21H32N2O3/c1-6-23(20-10-7-16(12-22-20)21(24)25)17-8-9-19(26-13-14(2)3)18(11-17)15(4)5/h10-12,14-16H,6-9,13H2,1-5H3,(H,24,25). The van der Waals surface area contributed by atoms with Gasteiger partial charge in [0.15, 0.2) is 0 Å². The van der Waals surface area contributed by atoms with E-state index in [-0.39, 0.29) is 0 Å². The number of hydrogen-bond donors (Lipinski definition) is 1. The molecule has 0 saturated heterocycles. The van der Waals surface area contributed by atoms with Gasteiger partial charge in [0.1, 0.15) is 5.82 Å². The zero-order valence-corrected chi connectivity index (χ0v) is 16.7. The molecule has 26 heavy (non-hydrogen) atoms. The van der Waals surface area contributed by atoms with Crippen molar-refractivity contribution < 1.29 is 14.6 Å². The Morgan fingerprint density at radius 3 is 2.58 bits per heavy atom. The Kier molecular flexibility index (Phi) is 7.06. The maximum absolute atomic E-state index is 11.1. The molecule has 1 unspecified atom stereocenters. The lowest BCUT2D eigenvalue weighted by atomic mass is 9.93. The van der Waals surface area contributed by atoms with Crippen molar-refractivity contribution in [2.24, 2.45) is 22.7 Å². The zero-order chi connectivity index (χ0) is 19.3. The highest BCUT2D eigenvalue weighted by molar-refractivity contribution is 5.89. The summed E-state index contributed by atoms with van der Waals surface area (Å²) in [7, 11) is 0. The van der Waals surface area contributed by atoms with Gasteiger partial charge in [-0.3, -0.25) is 4.79 Å². The number of rotatable bonds is 8. The first-order valence-electron chi connectivity index (χ1n) is 9.64. The minimum absolute atomic E-state index is 0.395. The number of nitrogens with zero attached hydrogens (tertiary/aromatic N) is 2. The van der Waals surface area contributed by atoms with Crippen LogP contribution in [0.1, 0.15) is 53.9 Å². The second-order valence-electron chi connectivity index (χ2n) is 7.64. The number of carbonyl (C=O) groups is 1. The van der Waals surface area contributed by atoms with Crippen molar-refractivity contribution in [3.63, 3.8) is 0 Å². The summed E-state index contributed by atoms with van der Waals surface area (Å²) in [6.07, 6.45) is 8.04. The van der Waals surface area contributed by atoms with E-state index in [2.05, 4.69) is 50.6 Å². The van der Waals surface area contributed by atoms with Crippen molar-refractivity contribution >= 4 is 12.2 Å². The van der Waals surface area contributed by atoms with Crippen molar-refractivity contribution in [1.82, 2.24) is 4.90 Å². The van der Waals surface area contributed by atoms with Gasteiger partial charge in [0.2, 0.25) is 0 Å². The van der Waals surface area contributed by atoms with Gasteiger partial charge in [-0.15, -0.1) is 0 Å². The van der Waals surface area contributed by atoms with E-state index in [1.165, 1.54) is 11.3 Å². The molecule has 0 saturated carbocycles. The van der Waals surface area contributed by atoms with E-state index in [0.717, 1.165) is 37.6 Å². The minimum Gasteiger partial charge on any atom is -0.497 e. The van der Waals surface area contributed by atoms with Crippen molar-refractivity contribution in [1.29, 1.82) is 0 Å². The number of allylic oxidation sites excluding steroid dienone is 5. The summed E-state index contributed by atoms with van der Waals surface area (Å²) in [6, 6.07) is 0. The van der Waals surface area contributed by atoms with Crippen LogP contribution in [0.15, 0.2) is 40.0 Å². The maximum atomic E-state index is 11.1. The third-order valence-electron chi connectivity index (χ3n) is 4.66. The van der Waals surface area contributed by atoms with E-state index >= 15 is 0 Å². The molecule has 144 valence electrons. The Bertz CT molecular complexity index is 642. The van der Waals surface area contributed by atoms with Crippen molar-refractivity contribution in [2.45, 2.75) is 53.9 Å². The second-order valence-corrected chi connectivity index (χ2v) is 7.64. The summed E-state index contributed by atoms with van der Waals surface area (Å²) in [6.45, 7) is 12.4. The average Bonchev–Trinajstić information content (AvgIpc) is 2.61. The number of carboxylic acids is 1. The highest BCUT2D eigenvalue weighted by Gasteiger charge is 2.24. The number of aliphatic imine (C=N–C) groups is 1. The molecule has 1 heterocycles. The van der Waals surface area contributed by atoms with Crippen molar-refractivity contribution in [2.75, 3.05) is 13.2 Å². The van der Waals surface area contributed by atoms with E-state index < -0.39 is 11.9 Å². The predicted molar refractivity (Wildman–Crippen MR) is 105 cm³/mol. The molecule has 5 heteroatoms. The lowest BCUT2D eigenvalue weighted by Crippen LogP contribution is -2.27. The molecule has 0 radical (unpaired) electrons. The van der Waals surface area contributed by atoms with Crippen LogP contribution in [-0.4, -0.2) is 35.3 Å². The first-order chi connectivity index (χ1) is 12.3. The van der Waals surface area contributed by atoms with Crippen LogP contribution in [0.25, 0.3) is 0 Å². The van der Waals surface area contributed by atoms with Crippen molar-refractivity contribution in [3.8, 4) is 0 Å². The first kappa shape index (κ1) is 20.3. The first-order valence-corrected chi connectivity index (χ1v) is 9.64. The van der Waals surface area contributed by atoms with Crippen LogP contribution in [-0.2, 0) is 9.53 Å². The van der Waals surface area contributed by atoms with Crippen LogP contribution >= 0.6 is 0 Å². The predicted octanol–water partition coefficient (Wildman–Crippen LogP) is 4.59. The highest BCUT2D eigenvalue weighted by Crippen LogP contribution is 2.33. The van der Waals surface area contributed by atoms with Crippen LogP contribution in [0.2, 0.25) is 0 Å². The molecule has 0 aromatic heterocycles. The molecule has 0 aromatic carbocycles. The lowest BCUT2D eigenvalue weighted by Gasteiger charge is -2.32. The summed E-state index contributed by atoms with van der Waals surface area (Å²) in [5, 5.41) is 9.12. The smallest absolute Gasteiger partial charge is 0.312 e. The van der Waals surface area contributed by atoms with Gasteiger partial charge in [0.25, 0.3) is 0 Å². The summed E-state index contributed by atoms with van der Waals surface area (Å²) in [5.74, 6) is 1.54. The van der Waals surface area contributed by atoms with E-state index in [1.807, 2.05) is 6.08 Å². The van der Waals surface area contributed by atoms with Crippen LogP contribution < -0.4 is 0 Å². The maximum Gasteiger partial charge on any atom is 0.312 e. The molecule has 5 nitrogen and oxygen atoms in total. The molecule has 0 fully saturated rings. The fraction of sp³-hybridized carbons (Fsp3) is 0.619. The Morgan fingerprint density at radius 1 is 1.35 bits per heavy atom. The molecule has 1 N–H and O–H groups in total. The number of carboxylic acid groups (broad SMARTS) is 1. The van der Waals surface area contributed by atoms with Gasteiger partial charge >= 0.3 is 5.97 Å². The Hall–Kier alpha value is -2.04. The van der Waals surface area contributed by atoms with Crippen LogP contribution in [0, 0.1) is 17.8 Å². The van der Waals surface area contributed by atoms with Crippen LogP contribution in [0.5, 0.6) is 0 Å². The second kappa shape index (κ2) is 9.06. The third-order valence-corrected chi connectivity index (χ3v) is 4.66. The summed E-state index contributed by atoms with van der Waals surface area (Å²) in [5.41, 5.74) is 2.49. The summed E-state index contributed by atoms with van der Waals surface area (Å²) < 4.78 is 6.07. The Balaban J connectivity index is 2.22. The van der Waals surface area contributed by atoms with Crippen molar-refractivity contribution in [3.05, 3.63) is 35.0 Å². The van der Waals surface area contributed by atoms with Crippen LogP contribution in [0.3, 0.4) is 0 Å². The van der Waals surface area contributed by atoms with E-state index in [9.17, 15) is 4.79 Å². The van der Waals surface area contributed by atoms with Gasteiger partial charge < -0.3 is 14.7 Å².